The third kappa shape index (κ3) is 3.16. The van der Waals surface area contributed by atoms with Crippen LogP contribution in [0.15, 0.2) is 54.2 Å². The maximum atomic E-state index is 14.0. The van der Waals surface area contributed by atoms with Crippen LogP contribution in [0.4, 0.5) is 8.78 Å². The van der Waals surface area contributed by atoms with Crippen molar-refractivity contribution in [2.24, 2.45) is 0 Å². The van der Waals surface area contributed by atoms with E-state index in [1.54, 1.807) is 29.1 Å². The van der Waals surface area contributed by atoms with Crippen LogP contribution >= 0.6 is 11.3 Å². The lowest BCUT2D eigenvalue weighted by molar-refractivity contribution is 0.586. The molecule has 0 amide bonds. The number of nitrogens with zero attached hydrogens (tertiary/aromatic N) is 5. The summed E-state index contributed by atoms with van der Waals surface area (Å²) < 4.78 is 28.7. The van der Waals surface area contributed by atoms with Gasteiger partial charge in [0.2, 0.25) is 5.82 Å². The van der Waals surface area contributed by atoms with Crippen molar-refractivity contribution in [2.75, 3.05) is 0 Å². The van der Waals surface area contributed by atoms with E-state index in [9.17, 15) is 8.78 Å². The van der Waals surface area contributed by atoms with Gasteiger partial charge in [-0.1, -0.05) is 18.2 Å². The van der Waals surface area contributed by atoms with Gasteiger partial charge in [-0.15, -0.1) is 16.4 Å². The first kappa shape index (κ1) is 15.5. The molecule has 124 valence electrons. The highest BCUT2D eigenvalue weighted by atomic mass is 32.1. The molecule has 0 bridgehead atoms. The normalized spacial score (nSPS) is 11.0. The summed E-state index contributed by atoms with van der Waals surface area (Å²) in [6, 6.07) is 9.28. The lowest BCUT2D eigenvalue weighted by Gasteiger charge is -2.06. The molecule has 4 rings (SSSR count). The summed E-state index contributed by atoms with van der Waals surface area (Å²) in [6.07, 6.45) is 2.77. The molecule has 8 heteroatoms. The quantitative estimate of drug-likeness (QED) is 0.559. The molecule has 1 aromatic carbocycles. The topological polar surface area (TPSA) is 56.5 Å². The van der Waals surface area contributed by atoms with Crippen LogP contribution in [-0.2, 0) is 6.54 Å². The minimum absolute atomic E-state index is 0.180. The lowest BCUT2D eigenvalue weighted by Crippen LogP contribution is -2.06. The van der Waals surface area contributed by atoms with Crippen molar-refractivity contribution >= 4 is 11.3 Å². The molecule has 0 atom stereocenters. The first-order valence-electron chi connectivity index (χ1n) is 7.41. The molecule has 0 aliphatic heterocycles. The molecule has 3 aromatic heterocycles. The van der Waals surface area contributed by atoms with Gasteiger partial charge in [0, 0.05) is 17.1 Å². The van der Waals surface area contributed by atoms with E-state index in [2.05, 4.69) is 20.1 Å². The van der Waals surface area contributed by atoms with Gasteiger partial charge in [0.15, 0.2) is 10.8 Å². The van der Waals surface area contributed by atoms with Crippen LogP contribution in [0.3, 0.4) is 0 Å². The van der Waals surface area contributed by atoms with Crippen molar-refractivity contribution in [1.82, 2.24) is 24.7 Å². The molecule has 4 aromatic rings. The van der Waals surface area contributed by atoms with E-state index in [0.29, 0.717) is 27.9 Å². The summed E-state index contributed by atoms with van der Waals surface area (Å²) in [4.78, 5) is 12.7. The number of pyridine rings is 1. The summed E-state index contributed by atoms with van der Waals surface area (Å²) in [7, 11) is 0. The first-order valence-corrected chi connectivity index (χ1v) is 8.29. The highest BCUT2D eigenvalue weighted by Gasteiger charge is 2.17. The van der Waals surface area contributed by atoms with Gasteiger partial charge in [0.05, 0.1) is 12.7 Å². The number of rotatable bonds is 4. The number of thiazole rings is 1. The maximum absolute atomic E-state index is 14.0. The number of benzene rings is 1. The molecule has 0 saturated carbocycles. The number of aromatic nitrogens is 5. The van der Waals surface area contributed by atoms with E-state index in [0.717, 1.165) is 6.20 Å². The zero-order valence-corrected chi connectivity index (χ0v) is 13.6. The summed E-state index contributed by atoms with van der Waals surface area (Å²) >= 11 is 1.40. The largest absolute Gasteiger partial charge is 0.250 e. The average molecular weight is 355 g/mol. The SMILES string of the molecule is Fc1ccc(-c2nc(-c3nccs3)nn2Cc2ccccc2F)nc1. The van der Waals surface area contributed by atoms with Gasteiger partial charge >= 0.3 is 0 Å². The highest BCUT2D eigenvalue weighted by molar-refractivity contribution is 7.13. The molecule has 0 N–H and O–H groups in total. The zero-order valence-electron chi connectivity index (χ0n) is 12.8. The van der Waals surface area contributed by atoms with Crippen molar-refractivity contribution in [3.05, 3.63) is 71.4 Å². The highest BCUT2D eigenvalue weighted by Crippen LogP contribution is 2.24. The van der Waals surface area contributed by atoms with Gasteiger partial charge in [0.1, 0.15) is 17.3 Å². The third-order valence-electron chi connectivity index (χ3n) is 3.53. The van der Waals surface area contributed by atoms with Gasteiger partial charge in [-0.25, -0.2) is 28.4 Å². The molecule has 0 spiro atoms. The Kier molecular flexibility index (Phi) is 4.02. The fourth-order valence-corrected chi connectivity index (χ4v) is 2.93. The Balaban J connectivity index is 1.80. The molecule has 0 radical (unpaired) electrons. The Bertz CT molecular complexity index is 996. The van der Waals surface area contributed by atoms with Crippen LogP contribution in [-0.4, -0.2) is 24.7 Å². The van der Waals surface area contributed by atoms with Crippen LogP contribution in [0, 0.1) is 11.6 Å². The molecule has 25 heavy (non-hydrogen) atoms. The van der Waals surface area contributed by atoms with Crippen molar-refractivity contribution in [3.63, 3.8) is 0 Å². The van der Waals surface area contributed by atoms with E-state index in [-0.39, 0.29) is 12.4 Å². The van der Waals surface area contributed by atoms with Crippen molar-refractivity contribution in [3.8, 4) is 22.4 Å². The van der Waals surface area contributed by atoms with Crippen LogP contribution < -0.4 is 0 Å². The molecule has 3 heterocycles. The standard InChI is InChI=1S/C17H11F2N5S/c18-12-5-6-14(21-9-12)16-22-15(17-20-7-8-25-17)23-24(16)10-11-3-1-2-4-13(11)19/h1-9H,10H2. The van der Waals surface area contributed by atoms with Gasteiger partial charge < -0.3 is 0 Å². The monoisotopic (exact) mass is 355 g/mol. The fourth-order valence-electron chi connectivity index (χ4n) is 2.36. The van der Waals surface area contributed by atoms with Gasteiger partial charge in [0.25, 0.3) is 0 Å². The minimum Gasteiger partial charge on any atom is -0.250 e. The Morgan fingerprint density at radius 1 is 1.04 bits per heavy atom. The van der Waals surface area contributed by atoms with Crippen molar-refractivity contribution in [2.45, 2.75) is 6.54 Å². The maximum Gasteiger partial charge on any atom is 0.210 e. The smallest absolute Gasteiger partial charge is 0.210 e. The van der Waals surface area contributed by atoms with Gasteiger partial charge in [-0.05, 0) is 18.2 Å². The molecule has 0 fully saturated rings. The average Bonchev–Trinajstić information content (AvgIpc) is 3.27. The summed E-state index contributed by atoms with van der Waals surface area (Å²) in [5.41, 5.74) is 0.925. The number of halogens is 2. The zero-order chi connectivity index (χ0) is 17.2. The fraction of sp³-hybridized carbons (Fsp3) is 0.0588. The van der Waals surface area contributed by atoms with Crippen molar-refractivity contribution < 1.29 is 8.78 Å². The van der Waals surface area contributed by atoms with Crippen molar-refractivity contribution in [1.29, 1.82) is 0 Å². The van der Waals surface area contributed by atoms with Gasteiger partial charge in [-0.2, -0.15) is 0 Å². The van der Waals surface area contributed by atoms with E-state index in [1.807, 2.05) is 5.38 Å². The molecule has 0 saturated heterocycles. The Morgan fingerprint density at radius 2 is 1.92 bits per heavy atom. The second-order valence-electron chi connectivity index (χ2n) is 5.21. The van der Waals surface area contributed by atoms with Gasteiger partial charge in [-0.3, -0.25) is 0 Å². The molecule has 0 unspecified atom stereocenters. The summed E-state index contributed by atoms with van der Waals surface area (Å²) in [6.45, 7) is 0.180. The van der Waals surface area contributed by atoms with E-state index < -0.39 is 5.82 Å². The minimum atomic E-state index is -0.441. The summed E-state index contributed by atoms with van der Waals surface area (Å²) in [5.74, 6) is 0.0804. The van der Waals surface area contributed by atoms with E-state index >= 15 is 0 Å². The molecular weight excluding hydrogens is 344 g/mol. The van der Waals surface area contributed by atoms with Crippen LogP contribution in [0.25, 0.3) is 22.4 Å². The molecular formula is C17H11F2N5S. The molecule has 5 nitrogen and oxygen atoms in total. The Hall–Kier alpha value is -3.00. The second kappa shape index (κ2) is 6.48. The van der Waals surface area contributed by atoms with E-state index in [4.69, 9.17) is 0 Å². The van der Waals surface area contributed by atoms with E-state index in [1.165, 1.54) is 29.5 Å². The van der Waals surface area contributed by atoms with Crippen LogP contribution in [0.1, 0.15) is 5.56 Å². The van der Waals surface area contributed by atoms with Crippen LogP contribution in [0.5, 0.6) is 0 Å². The summed E-state index contributed by atoms with van der Waals surface area (Å²) in [5, 5.41) is 6.91. The molecule has 0 aliphatic carbocycles. The number of hydrogen-bond acceptors (Lipinski definition) is 5. The predicted molar refractivity (Wildman–Crippen MR) is 89.8 cm³/mol. The first-order chi connectivity index (χ1) is 12.2. The predicted octanol–water partition coefficient (Wildman–Crippen LogP) is 3.79. The van der Waals surface area contributed by atoms with Crippen LogP contribution in [0.2, 0.25) is 0 Å². The lowest BCUT2D eigenvalue weighted by atomic mass is 10.2. The third-order valence-corrected chi connectivity index (χ3v) is 4.30. The number of hydrogen-bond donors (Lipinski definition) is 0. The Labute approximate surface area is 145 Å². The Morgan fingerprint density at radius 3 is 2.64 bits per heavy atom. The second-order valence-corrected chi connectivity index (χ2v) is 6.10. The molecule has 0 aliphatic rings.